The lowest BCUT2D eigenvalue weighted by molar-refractivity contribution is -0.167. The van der Waals surface area contributed by atoms with Crippen molar-refractivity contribution in [3.63, 3.8) is 0 Å². The maximum absolute atomic E-state index is 12.9. The van der Waals surface area contributed by atoms with Gasteiger partial charge in [-0.3, -0.25) is 14.4 Å². The van der Waals surface area contributed by atoms with E-state index in [2.05, 4.69) is 57.2 Å². The van der Waals surface area contributed by atoms with Crippen molar-refractivity contribution in [1.29, 1.82) is 0 Å². The van der Waals surface area contributed by atoms with Gasteiger partial charge in [-0.25, -0.2) is 0 Å². The van der Waals surface area contributed by atoms with E-state index < -0.39 is 6.10 Å². The summed E-state index contributed by atoms with van der Waals surface area (Å²) in [5.41, 5.74) is 0. The molecular weight excluding hydrogens is 889 g/mol. The van der Waals surface area contributed by atoms with Gasteiger partial charge in [0.2, 0.25) is 0 Å². The Hall–Kier alpha value is -2.37. The van der Waals surface area contributed by atoms with Crippen LogP contribution in [0.2, 0.25) is 0 Å². The summed E-state index contributed by atoms with van der Waals surface area (Å²) in [5, 5.41) is 0. The summed E-state index contributed by atoms with van der Waals surface area (Å²) >= 11 is 0. The lowest BCUT2D eigenvalue weighted by atomic mass is 10.0. The highest BCUT2D eigenvalue weighted by Gasteiger charge is 2.19. The molecule has 0 aromatic heterocycles. The molecule has 0 bridgehead atoms. The van der Waals surface area contributed by atoms with Crippen LogP contribution in [0.25, 0.3) is 0 Å². The zero-order valence-corrected chi connectivity index (χ0v) is 48.5. The average Bonchev–Trinajstić information content (AvgIpc) is 3.38. The third kappa shape index (κ3) is 58.5. The highest BCUT2D eigenvalue weighted by molar-refractivity contribution is 5.71. The number of rotatable bonds is 59. The van der Waals surface area contributed by atoms with E-state index in [0.717, 1.165) is 70.6 Å². The molecule has 0 heterocycles. The van der Waals surface area contributed by atoms with Gasteiger partial charge in [-0.05, 0) is 57.8 Å². The summed E-state index contributed by atoms with van der Waals surface area (Å²) < 4.78 is 16.9. The van der Waals surface area contributed by atoms with E-state index in [1.54, 1.807) is 0 Å². The van der Waals surface area contributed by atoms with E-state index in [1.807, 2.05) is 0 Å². The summed E-state index contributed by atoms with van der Waals surface area (Å²) in [7, 11) is 0. The minimum Gasteiger partial charge on any atom is -0.462 e. The first-order valence-electron chi connectivity index (χ1n) is 32.0. The Bertz CT molecular complexity index is 1210. The number of ether oxygens (including phenoxy) is 3. The number of allylic oxidation sites excluding steroid dienone is 6. The molecule has 0 aromatic carbocycles. The van der Waals surface area contributed by atoms with Crippen LogP contribution in [-0.2, 0) is 28.6 Å². The normalized spacial score (nSPS) is 12.2. The number of hydrogen-bond acceptors (Lipinski definition) is 6. The molecule has 0 amide bonds. The molecule has 0 aliphatic heterocycles. The Kier molecular flexibility index (Phi) is 59.2. The standard InChI is InChI=1S/C66H122O6/c1-4-7-10-13-16-19-22-24-26-27-28-29-30-31-32-33-34-35-36-37-38-39-41-42-44-47-50-53-56-59-65(68)71-62-63(61-70-64(67)58-55-52-49-46-21-18-15-12-9-6-3)72-66(69)60-57-54-51-48-45-43-40-25-23-20-17-14-11-8-5-2/h22,24,27-28,30-31,63H,4-21,23,25-26,29,32-62H2,1-3H3/b24-22-,28-27-,31-30-. The lowest BCUT2D eigenvalue weighted by Crippen LogP contribution is -2.30. The van der Waals surface area contributed by atoms with E-state index in [1.165, 1.54) is 238 Å². The summed E-state index contributed by atoms with van der Waals surface area (Å²) in [4.78, 5) is 38.1. The second-order valence-electron chi connectivity index (χ2n) is 21.7. The SMILES string of the molecule is CCCCCCC/C=C\C/C=C\C/C=C\CCCCCCCCCCCCCCCCC(=O)OCC(COC(=O)CCCCCCCCCCCC)OC(=O)CCCCCCCCCCCCCCCCC. The molecule has 6 nitrogen and oxygen atoms in total. The first-order chi connectivity index (χ1) is 35.5. The highest BCUT2D eigenvalue weighted by Crippen LogP contribution is 2.17. The lowest BCUT2D eigenvalue weighted by Gasteiger charge is -2.18. The molecule has 6 heteroatoms. The predicted molar refractivity (Wildman–Crippen MR) is 312 cm³/mol. The maximum Gasteiger partial charge on any atom is 0.306 e. The molecule has 0 spiro atoms. The fourth-order valence-corrected chi connectivity index (χ4v) is 9.57. The first kappa shape index (κ1) is 69.6. The van der Waals surface area contributed by atoms with E-state index in [-0.39, 0.29) is 31.1 Å². The fraction of sp³-hybridized carbons (Fsp3) is 0.864. The van der Waals surface area contributed by atoms with Crippen molar-refractivity contribution in [1.82, 2.24) is 0 Å². The fourth-order valence-electron chi connectivity index (χ4n) is 9.57. The number of hydrogen-bond donors (Lipinski definition) is 0. The van der Waals surface area contributed by atoms with Crippen molar-refractivity contribution < 1.29 is 28.6 Å². The van der Waals surface area contributed by atoms with Crippen LogP contribution in [0, 0.1) is 0 Å². The molecule has 0 aliphatic rings. The predicted octanol–water partition coefficient (Wildman–Crippen LogP) is 21.6. The van der Waals surface area contributed by atoms with Gasteiger partial charge in [-0.1, -0.05) is 308 Å². The number of unbranched alkanes of at least 4 members (excludes halogenated alkanes) is 42. The second kappa shape index (κ2) is 61.2. The van der Waals surface area contributed by atoms with Gasteiger partial charge in [-0.15, -0.1) is 0 Å². The van der Waals surface area contributed by atoms with Crippen molar-refractivity contribution in [2.75, 3.05) is 13.2 Å². The van der Waals surface area contributed by atoms with Crippen LogP contribution in [0.1, 0.15) is 348 Å². The second-order valence-corrected chi connectivity index (χ2v) is 21.7. The summed E-state index contributed by atoms with van der Waals surface area (Å²) in [6.07, 6.45) is 74.5. The molecule has 0 saturated heterocycles. The van der Waals surface area contributed by atoms with Crippen molar-refractivity contribution in [2.45, 2.75) is 354 Å². The maximum atomic E-state index is 12.9. The third-order valence-corrected chi connectivity index (χ3v) is 14.4. The summed E-state index contributed by atoms with van der Waals surface area (Å²) in [5.74, 6) is -0.846. The van der Waals surface area contributed by atoms with Crippen LogP contribution in [0.4, 0.5) is 0 Å². The molecule has 0 saturated carbocycles. The minimum atomic E-state index is -0.766. The Morgan fingerprint density at radius 1 is 0.278 bits per heavy atom. The number of carbonyl (C=O) groups excluding carboxylic acids is 3. The molecule has 72 heavy (non-hydrogen) atoms. The van der Waals surface area contributed by atoms with Gasteiger partial charge in [0.15, 0.2) is 6.10 Å². The van der Waals surface area contributed by atoms with Crippen molar-refractivity contribution in [3.05, 3.63) is 36.5 Å². The van der Waals surface area contributed by atoms with Gasteiger partial charge in [0.1, 0.15) is 13.2 Å². The third-order valence-electron chi connectivity index (χ3n) is 14.4. The largest absolute Gasteiger partial charge is 0.462 e. The zero-order valence-electron chi connectivity index (χ0n) is 48.5. The molecule has 0 aromatic rings. The van der Waals surface area contributed by atoms with E-state index >= 15 is 0 Å². The van der Waals surface area contributed by atoms with E-state index in [0.29, 0.717) is 19.3 Å². The Balaban J connectivity index is 4.12. The topological polar surface area (TPSA) is 78.9 Å². The van der Waals surface area contributed by atoms with Crippen LogP contribution >= 0.6 is 0 Å². The monoisotopic (exact) mass is 1010 g/mol. The Morgan fingerprint density at radius 3 is 0.778 bits per heavy atom. The Labute approximate surface area is 448 Å². The van der Waals surface area contributed by atoms with Crippen LogP contribution in [0.5, 0.6) is 0 Å². The van der Waals surface area contributed by atoms with Crippen LogP contribution in [0.3, 0.4) is 0 Å². The number of esters is 3. The van der Waals surface area contributed by atoms with Gasteiger partial charge < -0.3 is 14.2 Å². The van der Waals surface area contributed by atoms with Crippen LogP contribution in [-0.4, -0.2) is 37.2 Å². The van der Waals surface area contributed by atoms with E-state index in [4.69, 9.17) is 14.2 Å². The summed E-state index contributed by atoms with van der Waals surface area (Å²) in [6, 6.07) is 0. The Morgan fingerprint density at radius 2 is 0.500 bits per heavy atom. The zero-order chi connectivity index (χ0) is 52.2. The molecule has 0 fully saturated rings. The molecular formula is C66H122O6. The minimum absolute atomic E-state index is 0.0662. The molecule has 1 unspecified atom stereocenters. The van der Waals surface area contributed by atoms with E-state index in [9.17, 15) is 14.4 Å². The van der Waals surface area contributed by atoms with Crippen LogP contribution in [0.15, 0.2) is 36.5 Å². The highest BCUT2D eigenvalue weighted by atomic mass is 16.6. The molecule has 422 valence electrons. The molecule has 0 N–H and O–H groups in total. The van der Waals surface area contributed by atoms with Crippen molar-refractivity contribution in [3.8, 4) is 0 Å². The summed E-state index contributed by atoms with van der Waals surface area (Å²) in [6.45, 7) is 6.67. The van der Waals surface area contributed by atoms with Crippen molar-refractivity contribution >= 4 is 17.9 Å². The van der Waals surface area contributed by atoms with Gasteiger partial charge >= 0.3 is 17.9 Å². The first-order valence-corrected chi connectivity index (χ1v) is 32.0. The van der Waals surface area contributed by atoms with Gasteiger partial charge in [0, 0.05) is 19.3 Å². The van der Waals surface area contributed by atoms with Gasteiger partial charge in [0.25, 0.3) is 0 Å². The quantitative estimate of drug-likeness (QED) is 0.0261. The molecule has 0 rings (SSSR count). The molecule has 0 radical (unpaired) electrons. The number of carbonyl (C=O) groups is 3. The van der Waals surface area contributed by atoms with Crippen LogP contribution < -0.4 is 0 Å². The van der Waals surface area contributed by atoms with Gasteiger partial charge in [-0.2, -0.15) is 0 Å². The van der Waals surface area contributed by atoms with Gasteiger partial charge in [0.05, 0.1) is 0 Å². The smallest absolute Gasteiger partial charge is 0.306 e. The molecule has 1 atom stereocenters. The molecule has 0 aliphatic carbocycles. The average molecular weight is 1010 g/mol. The van der Waals surface area contributed by atoms with Crippen molar-refractivity contribution in [2.24, 2.45) is 0 Å².